The van der Waals surface area contributed by atoms with E-state index in [1.54, 1.807) is 0 Å². The van der Waals surface area contributed by atoms with Crippen LogP contribution in [0.4, 0.5) is 0 Å². The summed E-state index contributed by atoms with van der Waals surface area (Å²) in [6.45, 7) is 10.6. The minimum absolute atomic E-state index is 0.349. The Bertz CT molecular complexity index is 349. The van der Waals surface area contributed by atoms with E-state index in [0.717, 1.165) is 24.8 Å². The number of ether oxygens (including phenoxy) is 1. The molecule has 0 amide bonds. The number of para-hydroxylation sites is 1. The van der Waals surface area contributed by atoms with Crippen molar-refractivity contribution in [3.63, 3.8) is 0 Å². The van der Waals surface area contributed by atoms with Crippen LogP contribution >= 0.6 is 0 Å². The molecule has 0 spiro atoms. The maximum Gasteiger partial charge on any atom is 0.124 e. The molecule has 0 bridgehead atoms. The van der Waals surface area contributed by atoms with Gasteiger partial charge >= 0.3 is 0 Å². The maximum absolute atomic E-state index is 5.68. The summed E-state index contributed by atoms with van der Waals surface area (Å²) in [5.74, 6) is 1.82. The van der Waals surface area contributed by atoms with Crippen LogP contribution in [0.5, 0.6) is 5.75 Å². The van der Waals surface area contributed by atoms with Crippen LogP contribution in [0, 0.1) is 5.92 Å². The second-order valence-corrected chi connectivity index (χ2v) is 5.54. The molecule has 1 aromatic carbocycles. The Hall–Kier alpha value is -1.02. The van der Waals surface area contributed by atoms with E-state index in [4.69, 9.17) is 4.74 Å². The van der Waals surface area contributed by atoms with Gasteiger partial charge in [-0.3, -0.25) is 0 Å². The van der Waals surface area contributed by atoms with Crippen LogP contribution in [0.15, 0.2) is 24.3 Å². The quantitative estimate of drug-likeness (QED) is 0.659. The number of rotatable bonds is 9. The fourth-order valence-electron chi connectivity index (χ4n) is 2.23. The first-order valence-corrected chi connectivity index (χ1v) is 7.60. The van der Waals surface area contributed by atoms with Crippen molar-refractivity contribution < 1.29 is 4.74 Å². The van der Waals surface area contributed by atoms with Gasteiger partial charge in [-0.1, -0.05) is 44.9 Å². The molecule has 0 saturated heterocycles. The van der Waals surface area contributed by atoms with Gasteiger partial charge in [0.15, 0.2) is 0 Å². The van der Waals surface area contributed by atoms with E-state index >= 15 is 0 Å². The normalized spacial score (nSPS) is 12.7. The number of benzene rings is 1. The first-order chi connectivity index (χ1) is 9.15. The molecule has 1 rings (SSSR count). The van der Waals surface area contributed by atoms with Gasteiger partial charge in [0.25, 0.3) is 0 Å². The van der Waals surface area contributed by atoms with E-state index in [9.17, 15) is 0 Å². The van der Waals surface area contributed by atoms with Crippen LogP contribution in [0.3, 0.4) is 0 Å². The van der Waals surface area contributed by atoms with E-state index in [1.807, 2.05) is 13.0 Å². The third-order valence-corrected chi connectivity index (χ3v) is 3.34. The smallest absolute Gasteiger partial charge is 0.124 e. The van der Waals surface area contributed by atoms with Gasteiger partial charge in [0.2, 0.25) is 0 Å². The van der Waals surface area contributed by atoms with Crippen molar-refractivity contribution in [2.45, 2.75) is 53.0 Å². The molecule has 108 valence electrons. The van der Waals surface area contributed by atoms with Gasteiger partial charge in [-0.15, -0.1) is 0 Å². The molecule has 0 heterocycles. The molecule has 0 saturated carbocycles. The highest BCUT2D eigenvalue weighted by Crippen LogP contribution is 2.24. The topological polar surface area (TPSA) is 21.3 Å². The lowest BCUT2D eigenvalue weighted by Gasteiger charge is -2.18. The van der Waals surface area contributed by atoms with E-state index in [0.29, 0.717) is 6.04 Å². The predicted octanol–water partition coefficient (Wildman–Crippen LogP) is 4.56. The molecule has 1 unspecified atom stereocenters. The van der Waals surface area contributed by atoms with E-state index in [2.05, 4.69) is 44.3 Å². The molecule has 1 atom stereocenters. The van der Waals surface area contributed by atoms with Crippen molar-refractivity contribution >= 4 is 0 Å². The molecule has 0 fully saturated rings. The lowest BCUT2D eigenvalue weighted by atomic mass is 10.1. The zero-order valence-electron chi connectivity index (χ0n) is 12.9. The first kappa shape index (κ1) is 16.0. The summed E-state index contributed by atoms with van der Waals surface area (Å²) in [7, 11) is 0. The minimum atomic E-state index is 0.349. The van der Waals surface area contributed by atoms with Crippen molar-refractivity contribution in [1.29, 1.82) is 0 Å². The summed E-state index contributed by atoms with van der Waals surface area (Å²) < 4.78 is 5.68. The van der Waals surface area contributed by atoms with Crippen molar-refractivity contribution in [3.05, 3.63) is 29.8 Å². The molecule has 2 heteroatoms. The Balaban J connectivity index is 2.38. The van der Waals surface area contributed by atoms with Crippen molar-refractivity contribution in [2.75, 3.05) is 13.2 Å². The van der Waals surface area contributed by atoms with E-state index in [1.165, 1.54) is 24.8 Å². The summed E-state index contributed by atoms with van der Waals surface area (Å²) in [4.78, 5) is 0. The van der Waals surface area contributed by atoms with Crippen molar-refractivity contribution in [2.24, 2.45) is 5.92 Å². The predicted molar refractivity (Wildman–Crippen MR) is 82.7 cm³/mol. The van der Waals surface area contributed by atoms with Gasteiger partial charge < -0.3 is 10.1 Å². The molecule has 0 aliphatic rings. The van der Waals surface area contributed by atoms with Crippen LogP contribution in [0.25, 0.3) is 0 Å². The number of hydrogen-bond donors (Lipinski definition) is 1. The lowest BCUT2D eigenvalue weighted by molar-refractivity contribution is 0.332. The Morgan fingerprint density at radius 3 is 2.53 bits per heavy atom. The van der Waals surface area contributed by atoms with Crippen LogP contribution in [0.2, 0.25) is 0 Å². The summed E-state index contributed by atoms with van der Waals surface area (Å²) in [6.07, 6.45) is 3.88. The van der Waals surface area contributed by atoms with Gasteiger partial charge in [0, 0.05) is 11.6 Å². The molecule has 1 N–H and O–H groups in total. The lowest BCUT2D eigenvalue weighted by Crippen LogP contribution is -2.20. The maximum atomic E-state index is 5.68. The number of hydrogen-bond acceptors (Lipinski definition) is 2. The third kappa shape index (κ3) is 6.11. The second kappa shape index (κ2) is 8.98. The van der Waals surface area contributed by atoms with Gasteiger partial charge in [0.1, 0.15) is 5.75 Å². The fourth-order valence-corrected chi connectivity index (χ4v) is 2.23. The highest BCUT2D eigenvalue weighted by molar-refractivity contribution is 5.35. The molecule has 0 radical (unpaired) electrons. The Labute approximate surface area is 118 Å². The zero-order chi connectivity index (χ0) is 14.1. The second-order valence-electron chi connectivity index (χ2n) is 5.54. The van der Waals surface area contributed by atoms with Crippen molar-refractivity contribution in [3.8, 4) is 5.75 Å². The SMILES string of the molecule is CCOc1ccccc1C(C)NCCCCC(C)C. The molecular formula is C17H29NO. The molecule has 0 aromatic heterocycles. The molecule has 1 aromatic rings. The fraction of sp³-hybridized carbons (Fsp3) is 0.647. The van der Waals surface area contributed by atoms with Crippen LogP contribution in [0.1, 0.15) is 58.6 Å². The monoisotopic (exact) mass is 263 g/mol. The zero-order valence-corrected chi connectivity index (χ0v) is 12.9. The van der Waals surface area contributed by atoms with Gasteiger partial charge in [-0.25, -0.2) is 0 Å². The highest BCUT2D eigenvalue weighted by atomic mass is 16.5. The number of unbranched alkanes of at least 4 members (excludes halogenated alkanes) is 1. The van der Waals surface area contributed by atoms with Crippen LogP contribution in [-0.2, 0) is 0 Å². The minimum Gasteiger partial charge on any atom is -0.494 e. The average Bonchev–Trinajstić information content (AvgIpc) is 2.39. The summed E-state index contributed by atoms with van der Waals surface area (Å²) >= 11 is 0. The highest BCUT2D eigenvalue weighted by Gasteiger charge is 2.09. The van der Waals surface area contributed by atoms with E-state index < -0.39 is 0 Å². The Morgan fingerprint density at radius 1 is 1.11 bits per heavy atom. The average molecular weight is 263 g/mol. The third-order valence-electron chi connectivity index (χ3n) is 3.34. The Kier molecular flexibility index (Phi) is 7.57. The standard InChI is InChI=1S/C17H29NO/c1-5-19-17-12-7-6-11-16(17)15(4)18-13-9-8-10-14(2)3/h6-7,11-12,14-15,18H,5,8-10,13H2,1-4H3. The van der Waals surface area contributed by atoms with Crippen LogP contribution < -0.4 is 10.1 Å². The van der Waals surface area contributed by atoms with Crippen molar-refractivity contribution in [1.82, 2.24) is 5.32 Å². The van der Waals surface area contributed by atoms with Crippen LogP contribution in [-0.4, -0.2) is 13.2 Å². The van der Waals surface area contributed by atoms with Gasteiger partial charge in [0.05, 0.1) is 6.61 Å². The summed E-state index contributed by atoms with van der Waals surface area (Å²) in [5.41, 5.74) is 1.26. The molecular weight excluding hydrogens is 234 g/mol. The molecule has 0 aliphatic heterocycles. The summed E-state index contributed by atoms with van der Waals surface area (Å²) in [5, 5.41) is 3.59. The summed E-state index contributed by atoms with van der Waals surface area (Å²) in [6, 6.07) is 8.66. The molecule has 2 nitrogen and oxygen atoms in total. The Morgan fingerprint density at radius 2 is 1.84 bits per heavy atom. The van der Waals surface area contributed by atoms with Gasteiger partial charge in [-0.2, -0.15) is 0 Å². The van der Waals surface area contributed by atoms with Gasteiger partial charge in [-0.05, 0) is 38.8 Å². The molecule has 0 aliphatic carbocycles. The van der Waals surface area contributed by atoms with E-state index in [-0.39, 0.29) is 0 Å². The first-order valence-electron chi connectivity index (χ1n) is 7.60. The largest absolute Gasteiger partial charge is 0.494 e. The number of nitrogens with one attached hydrogen (secondary N) is 1. The molecule has 19 heavy (non-hydrogen) atoms.